The Hall–Kier alpha value is -1.95. The molecule has 1 aromatic rings. The highest BCUT2D eigenvalue weighted by molar-refractivity contribution is 5.74. The Morgan fingerprint density at radius 2 is 2.00 bits per heavy atom. The lowest BCUT2D eigenvalue weighted by Crippen LogP contribution is -2.40. The second kappa shape index (κ2) is 7.17. The summed E-state index contributed by atoms with van der Waals surface area (Å²) in [6, 6.07) is 4.70. The van der Waals surface area contributed by atoms with E-state index in [2.05, 4.69) is 5.32 Å². The molecule has 0 amide bonds. The number of nitro benzene ring substituents is 1. The van der Waals surface area contributed by atoms with Gasteiger partial charge in [0, 0.05) is 25.2 Å². The average molecular weight is 294 g/mol. The zero-order chi connectivity index (χ0) is 16.0. The van der Waals surface area contributed by atoms with E-state index in [0.717, 1.165) is 11.1 Å². The molecule has 1 rings (SSSR count). The summed E-state index contributed by atoms with van der Waals surface area (Å²) in [5.41, 5.74) is 1.07. The summed E-state index contributed by atoms with van der Waals surface area (Å²) < 4.78 is 0. The first-order valence-corrected chi connectivity index (χ1v) is 7.04. The third-order valence-electron chi connectivity index (χ3n) is 4.12. The van der Waals surface area contributed by atoms with Crippen molar-refractivity contribution in [2.24, 2.45) is 5.41 Å². The fourth-order valence-corrected chi connectivity index (χ4v) is 2.31. The molecule has 0 atom stereocenters. The van der Waals surface area contributed by atoms with E-state index in [0.29, 0.717) is 25.9 Å². The lowest BCUT2D eigenvalue weighted by Gasteiger charge is -2.27. The molecule has 0 aliphatic rings. The van der Waals surface area contributed by atoms with Gasteiger partial charge >= 0.3 is 5.97 Å². The predicted molar refractivity (Wildman–Crippen MR) is 80.2 cm³/mol. The Kier molecular flexibility index (Phi) is 5.84. The number of hydrogen-bond donors (Lipinski definition) is 2. The topological polar surface area (TPSA) is 92.5 Å². The van der Waals surface area contributed by atoms with Crippen LogP contribution in [0.4, 0.5) is 5.69 Å². The molecule has 0 saturated carbocycles. The zero-order valence-corrected chi connectivity index (χ0v) is 12.7. The van der Waals surface area contributed by atoms with Gasteiger partial charge in [0.2, 0.25) is 0 Å². The summed E-state index contributed by atoms with van der Waals surface area (Å²) in [5.74, 6) is -0.791. The Balaban J connectivity index is 2.72. The minimum Gasteiger partial charge on any atom is -0.481 e. The van der Waals surface area contributed by atoms with Gasteiger partial charge in [-0.3, -0.25) is 14.9 Å². The minimum atomic E-state index is -0.791. The Morgan fingerprint density at radius 1 is 1.38 bits per heavy atom. The van der Waals surface area contributed by atoms with Gasteiger partial charge in [-0.25, -0.2) is 0 Å². The Morgan fingerprint density at radius 3 is 2.43 bits per heavy atom. The number of aliphatic carboxylic acids is 1. The summed E-state index contributed by atoms with van der Waals surface area (Å²) in [6.45, 7) is 6.44. The minimum absolute atomic E-state index is 0.0678. The molecule has 0 aromatic heterocycles. The van der Waals surface area contributed by atoms with Crippen LogP contribution in [0.3, 0.4) is 0 Å². The fourth-order valence-electron chi connectivity index (χ4n) is 2.31. The van der Waals surface area contributed by atoms with Gasteiger partial charge in [0.05, 0.1) is 10.3 Å². The molecule has 1 aromatic carbocycles. The second-order valence-electron chi connectivity index (χ2n) is 5.26. The van der Waals surface area contributed by atoms with E-state index in [9.17, 15) is 20.0 Å². The van der Waals surface area contributed by atoms with Crippen molar-refractivity contribution >= 4 is 11.7 Å². The summed E-state index contributed by atoms with van der Waals surface area (Å²) in [5, 5.41) is 23.2. The van der Waals surface area contributed by atoms with E-state index in [-0.39, 0.29) is 5.69 Å². The number of carboxylic acids is 1. The van der Waals surface area contributed by atoms with Gasteiger partial charge in [0.15, 0.2) is 0 Å². The number of non-ortho nitro benzene ring substituents is 1. The van der Waals surface area contributed by atoms with E-state index < -0.39 is 16.3 Å². The molecule has 0 fully saturated rings. The number of nitro groups is 1. The van der Waals surface area contributed by atoms with Crippen molar-refractivity contribution in [1.82, 2.24) is 5.32 Å². The lowest BCUT2D eigenvalue weighted by molar-refractivity contribution is -0.384. The highest BCUT2D eigenvalue weighted by Crippen LogP contribution is 2.26. The number of benzene rings is 1. The SMILES string of the molecule is CCC(CC)(CNCc1ccc([N+](=O)[O-])cc1C)C(=O)O. The van der Waals surface area contributed by atoms with Crippen LogP contribution >= 0.6 is 0 Å². The van der Waals surface area contributed by atoms with Gasteiger partial charge in [-0.2, -0.15) is 0 Å². The van der Waals surface area contributed by atoms with Crippen molar-refractivity contribution in [1.29, 1.82) is 0 Å². The monoisotopic (exact) mass is 294 g/mol. The maximum absolute atomic E-state index is 11.4. The van der Waals surface area contributed by atoms with Crippen molar-refractivity contribution < 1.29 is 14.8 Å². The first-order chi connectivity index (χ1) is 9.86. The number of nitrogens with zero attached hydrogens (tertiary/aromatic N) is 1. The predicted octanol–water partition coefficient (Wildman–Crippen LogP) is 2.88. The van der Waals surface area contributed by atoms with Crippen LogP contribution < -0.4 is 5.32 Å². The van der Waals surface area contributed by atoms with Gasteiger partial charge in [0.1, 0.15) is 0 Å². The smallest absolute Gasteiger partial charge is 0.310 e. The number of nitrogens with one attached hydrogen (secondary N) is 1. The van der Waals surface area contributed by atoms with Crippen LogP contribution in [0.5, 0.6) is 0 Å². The van der Waals surface area contributed by atoms with Gasteiger partial charge in [0.25, 0.3) is 5.69 Å². The molecular formula is C15H22N2O4. The van der Waals surface area contributed by atoms with Crippen LogP contribution in [-0.2, 0) is 11.3 Å². The first kappa shape index (κ1) is 17.1. The summed E-state index contributed by atoms with van der Waals surface area (Å²) in [4.78, 5) is 21.7. The van der Waals surface area contributed by atoms with Crippen LogP contribution in [0.25, 0.3) is 0 Å². The van der Waals surface area contributed by atoms with Gasteiger partial charge in [-0.05, 0) is 30.9 Å². The van der Waals surface area contributed by atoms with Crippen molar-refractivity contribution in [3.05, 3.63) is 39.4 Å². The summed E-state index contributed by atoms with van der Waals surface area (Å²) >= 11 is 0. The number of aryl methyl sites for hydroxylation is 1. The lowest BCUT2D eigenvalue weighted by atomic mass is 9.82. The van der Waals surface area contributed by atoms with E-state index in [4.69, 9.17) is 0 Å². The van der Waals surface area contributed by atoms with E-state index >= 15 is 0 Å². The van der Waals surface area contributed by atoms with Crippen LogP contribution in [0.2, 0.25) is 0 Å². The summed E-state index contributed by atoms with van der Waals surface area (Å²) in [6.07, 6.45) is 1.12. The normalized spacial score (nSPS) is 11.4. The maximum Gasteiger partial charge on any atom is 0.310 e. The molecule has 6 heteroatoms. The molecule has 0 aliphatic heterocycles. The standard InChI is InChI=1S/C15H22N2O4/c1-4-15(5-2,14(18)19)10-16-9-12-6-7-13(17(20)21)8-11(12)3/h6-8,16H,4-5,9-10H2,1-3H3,(H,18,19). The average Bonchev–Trinajstić information content (AvgIpc) is 2.44. The van der Waals surface area contributed by atoms with Gasteiger partial charge in [-0.1, -0.05) is 19.9 Å². The Labute approximate surface area is 124 Å². The van der Waals surface area contributed by atoms with Crippen molar-refractivity contribution in [2.75, 3.05) is 6.54 Å². The first-order valence-electron chi connectivity index (χ1n) is 7.04. The number of rotatable bonds is 8. The van der Waals surface area contributed by atoms with E-state index in [1.54, 1.807) is 6.07 Å². The molecule has 0 bridgehead atoms. The number of carboxylic acid groups (broad SMARTS) is 1. The highest BCUT2D eigenvalue weighted by atomic mass is 16.6. The number of carbonyl (C=O) groups is 1. The third kappa shape index (κ3) is 4.01. The molecule has 0 unspecified atom stereocenters. The van der Waals surface area contributed by atoms with Crippen LogP contribution in [0, 0.1) is 22.5 Å². The Bertz CT molecular complexity index is 524. The van der Waals surface area contributed by atoms with Crippen molar-refractivity contribution in [2.45, 2.75) is 40.2 Å². The highest BCUT2D eigenvalue weighted by Gasteiger charge is 2.34. The largest absolute Gasteiger partial charge is 0.481 e. The van der Waals surface area contributed by atoms with Crippen LogP contribution in [0.1, 0.15) is 37.8 Å². The summed E-state index contributed by atoms with van der Waals surface area (Å²) in [7, 11) is 0. The molecule has 0 saturated heterocycles. The van der Waals surface area contributed by atoms with Crippen LogP contribution in [0.15, 0.2) is 18.2 Å². The number of hydrogen-bond acceptors (Lipinski definition) is 4. The van der Waals surface area contributed by atoms with Crippen molar-refractivity contribution in [3.8, 4) is 0 Å². The molecule has 0 aliphatic carbocycles. The molecule has 21 heavy (non-hydrogen) atoms. The zero-order valence-electron chi connectivity index (χ0n) is 12.7. The molecular weight excluding hydrogens is 272 g/mol. The second-order valence-corrected chi connectivity index (χ2v) is 5.26. The molecule has 116 valence electrons. The maximum atomic E-state index is 11.4. The molecule has 0 heterocycles. The van der Waals surface area contributed by atoms with E-state index in [1.165, 1.54) is 12.1 Å². The third-order valence-corrected chi connectivity index (χ3v) is 4.12. The van der Waals surface area contributed by atoms with Crippen molar-refractivity contribution in [3.63, 3.8) is 0 Å². The molecule has 0 radical (unpaired) electrons. The molecule has 6 nitrogen and oxygen atoms in total. The van der Waals surface area contributed by atoms with Crippen LogP contribution in [-0.4, -0.2) is 22.5 Å². The molecule has 2 N–H and O–H groups in total. The molecule has 0 spiro atoms. The fraction of sp³-hybridized carbons (Fsp3) is 0.533. The van der Waals surface area contributed by atoms with Gasteiger partial charge in [-0.15, -0.1) is 0 Å². The quantitative estimate of drug-likeness (QED) is 0.568. The van der Waals surface area contributed by atoms with Gasteiger partial charge < -0.3 is 10.4 Å². The van der Waals surface area contributed by atoms with E-state index in [1.807, 2.05) is 20.8 Å².